The van der Waals surface area contributed by atoms with Crippen LogP contribution in [0.25, 0.3) is 0 Å². The molecule has 3 N–H and O–H groups in total. The Morgan fingerprint density at radius 3 is 2.33 bits per heavy atom. The molecule has 1 aromatic rings. The third-order valence-corrected chi connectivity index (χ3v) is 3.53. The predicted molar refractivity (Wildman–Crippen MR) is 58.6 cm³/mol. The molecule has 2 rings (SSSR count). The van der Waals surface area contributed by atoms with E-state index in [1.165, 1.54) is 0 Å². The highest BCUT2D eigenvalue weighted by atomic mass is 35.7. The molecule has 0 fully saturated rings. The van der Waals surface area contributed by atoms with Crippen LogP contribution in [0, 0.1) is 0 Å². The number of rotatable bonds is 1. The van der Waals surface area contributed by atoms with E-state index >= 15 is 0 Å². The molecule has 1 aromatic carbocycles. The summed E-state index contributed by atoms with van der Waals surface area (Å²) in [7, 11) is 6.14. The molecule has 96 valence electrons. The maximum atomic E-state index is 11.1. The van der Waals surface area contributed by atoms with Crippen molar-refractivity contribution >= 4 is 27.6 Å². The monoisotopic (exact) mass is 292 g/mol. The van der Waals surface area contributed by atoms with Gasteiger partial charge in [0.05, 0.1) is 4.90 Å². The molecule has 1 aliphatic heterocycles. The molecule has 0 aliphatic carbocycles. The van der Waals surface area contributed by atoms with Crippen LogP contribution in [-0.4, -0.2) is 43.2 Å². The third kappa shape index (κ3) is 2.15. The van der Waals surface area contributed by atoms with Gasteiger partial charge in [-0.25, -0.2) is 8.42 Å². The fraction of sp³-hybridized carbons (Fsp3) is 0.250. The van der Waals surface area contributed by atoms with Crippen molar-refractivity contribution < 1.29 is 33.2 Å². The van der Waals surface area contributed by atoms with Crippen molar-refractivity contribution in [2.75, 3.05) is 0 Å². The van der Waals surface area contributed by atoms with Crippen LogP contribution in [0.4, 0.5) is 0 Å². The summed E-state index contributed by atoms with van der Waals surface area (Å²) in [6.45, 7) is 0. The Hall–Kier alpha value is -0.995. The molecule has 2 radical (unpaired) electrons. The second-order valence-corrected chi connectivity index (χ2v) is 6.12. The number of aliphatic hydroxyl groups is 3. The average molecular weight is 292 g/mol. The quantitative estimate of drug-likeness (QED) is 0.340. The van der Waals surface area contributed by atoms with Gasteiger partial charge in [0, 0.05) is 16.7 Å². The van der Waals surface area contributed by atoms with E-state index in [4.69, 9.17) is 18.5 Å². The molecule has 1 aliphatic rings. The smallest absolute Gasteiger partial charge is 0.380 e. The predicted octanol–water partition coefficient (Wildman–Crippen LogP) is -1.16. The van der Waals surface area contributed by atoms with E-state index in [2.05, 4.69) is 9.47 Å². The molecular weight excluding hydrogens is 286 g/mol. The van der Waals surface area contributed by atoms with Crippen LogP contribution in [0.2, 0.25) is 0 Å². The van der Waals surface area contributed by atoms with E-state index in [9.17, 15) is 23.7 Å². The molecule has 0 saturated carbocycles. The molecule has 1 heterocycles. The molecule has 0 amide bonds. The summed E-state index contributed by atoms with van der Waals surface area (Å²) in [6, 6.07) is 3.06. The minimum Gasteiger partial charge on any atom is -0.458 e. The number of ether oxygens (including phenoxy) is 2. The summed E-state index contributed by atoms with van der Waals surface area (Å²) in [4.78, 5) is -0.343. The number of hydrogen-bond donors (Lipinski definition) is 3. The molecule has 7 nitrogen and oxygen atoms in total. The zero-order valence-electron chi connectivity index (χ0n) is 8.57. The van der Waals surface area contributed by atoms with Gasteiger partial charge in [0.25, 0.3) is 9.05 Å². The van der Waals surface area contributed by atoms with Crippen molar-refractivity contribution in [2.45, 2.75) is 16.6 Å². The highest BCUT2D eigenvalue weighted by Crippen LogP contribution is 2.40. The van der Waals surface area contributed by atoms with Crippen LogP contribution in [0.5, 0.6) is 11.5 Å². The summed E-state index contributed by atoms with van der Waals surface area (Å²) >= 11 is 0. The fourth-order valence-electron chi connectivity index (χ4n) is 1.26. The van der Waals surface area contributed by atoms with Crippen LogP contribution < -0.4 is 9.47 Å². The summed E-state index contributed by atoms with van der Waals surface area (Å²) < 4.78 is 31.4. The first kappa shape index (κ1) is 13.4. The molecule has 0 saturated heterocycles. The van der Waals surface area contributed by atoms with Gasteiger partial charge in [-0.3, -0.25) is 0 Å². The first-order valence-electron chi connectivity index (χ1n) is 4.46. The molecule has 0 aromatic heterocycles. The maximum Gasteiger partial charge on any atom is 0.380 e. The van der Waals surface area contributed by atoms with E-state index in [1.54, 1.807) is 0 Å². The second kappa shape index (κ2) is 3.75. The van der Waals surface area contributed by atoms with Gasteiger partial charge in [0.2, 0.25) is 5.69 Å². The second-order valence-electron chi connectivity index (χ2n) is 3.56. The van der Waals surface area contributed by atoms with Crippen molar-refractivity contribution in [1.29, 1.82) is 0 Å². The average Bonchev–Trinajstić information content (AvgIpc) is 2.16. The van der Waals surface area contributed by atoms with Crippen LogP contribution in [0.1, 0.15) is 0 Å². The van der Waals surface area contributed by atoms with Crippen molar-refractivity contribution in [3.8, 4) is 11.5 Å². The Balaban J connectivity index is 2.52. The largest absolute Gasteiger partial charge is 0.458 e. The lowest BCUT2D eigenvalue weighted by Gasteiger charge is -2.40. The van der Waals surface area contributed by atoms with Crippen molar-refractivity contribution in [3.05, 3.63) is 18.2 Å². The number of halogens is 1. The Kier molecular flexibility index (Phi) is 2.80. The molecular formula is C8H6BClO7S. The van der Waals surface area contributed by atoms with Gasteiger partial charge < -0.3 is 24.8 Å². The topological polar surface area (TPSA) is 113 Å². The molecule has 1 atom stereocenters. The molecule has 1 unspecified atom stereocenters. The highest BCUT2D eigenvalue weighted by Gasteiger charge is 2.53. The minimum atomic E-state index is -4.02. The summed E-state index contributed by atoms with van der Waals surface area (Å²) in [5.74, 6) is -3.77. The van der Waals surface area contributed by atoms with Crippen molar-refractivity contribution in [2.24, 2.45) is 0 Å². The van der Waals surface area contributed by atoms with E-state index in [0.717, 1.165) is 18.2 Å². The van der Waals surface area contributed by atoms with Crippen molar-refractivity contribution in [1.82, 2.24) is 0 Å². The van der Waals surface area contributed by atoms with E-state index in [1.807, 2.05) is 0 Å². The number of hydrogen-bond acceptors (Lipinski definition) is 7. The van der Waals surface area contributed by atoms with Gasteiger partial charge in [-0.1, -0.05) is 0 Å². The lowest BCUT2D eigenvalue weighted by molar-refractivity contribution is -0.403. The van der Waals surface area contributed by atoms with Crippen LogP contribution >= 0.6 is 10.7 Å². The lowest BCUT2D eigenvalue weighted by atomic mass is 9.91. The normalized spacial score (nSPS) is 25.8. The minimum absolute atomic E-state index is 0.178. The Labute approximate surface area is 107 Å². The van der Waals surface area contributed by atoms with E-state index in [0.29, 0.717) is 0 Å². The van der Waals surface area contributed by atoms with Crippen LogP contribution in [0.3, 0.4) is 0 Å². The fourth-order valence-corrected chi connectivity index (χ4v) is 2.03. The highest BCUT2D eigenvalue weighted by molar-refractivity contribution is 8.13. The molecule has 18 heavy (non-hydrogen) atoms. The van der Waals surface area contributed by atoms with Gasteiger partial charge in [-0.2, -0.15) is 0 Å². The molecule has 0 spiro atoms. The Morgan fingerprint density at radius 1 is 1.17 bits per heavy atom. The summed E-state index contributed by atoms with van der Waals surface area (Å²) in [5.41, 5.74) is -2.90. The summed E-state index contributed by atoms with van der Waals surface area (Å²) in [6.07, 6.45) is 0. The van der Waals surface area contributed by atoms with Gasteiger partial charge >= 0.3 is 5.97 Å². The molecule has 10 heteroatoms. The third-order valence-electron chi connectivity index (χ3n) is 2.18. The van der Waals surface area contributed by atoms with Gasteiger partial charge in [0.1, 0.15) is 0 Å². The lowest BCUT2D eigenvalue weighted by Crippen LogP contribution is -2.64. The van der Waals surface area contributed by atoms with Crippen LogP contribution in [-0.2, 0) is 9.05 Å². The first-order chi connectivity index (χ1) is 8.03. The maximum absolute atomic E-state index is 11.1. The Morgan fingerprint density at radius 2 is 1.78 bits per heavy atom. The molecule has 0 bridgehead atoms. The van der Waals surface area contributed by atoms with E-state index < -0.39 is 20.7 Å². The van der Waals surface area contributed by atoms with Crippen LogP contribution in [0.15, 0.2) is 23.1 Å². The van der Waals surface area contributed by atoms with E-state index in [-0.39, 0.29) is 16.4 Å². The van der Waals surface area contributed by atoms with Gasteiger partial charge in [0.15, 0.2) is 19.3 Å². The SMILES string of the molecule is [B]C1(O)Oc2ccc(S(=O)(=O)Cl)cc2OC1(O)O. The Bertz CT molecular complexity index is 597. The van der Waals surface area contributed by atoms with Gasteiger partial charge in [-0.05, 0) is 12.1 Å². The van der Waals surface area contributed by atoms with Crippen molar-refractivity contribution in [3.63, 3.8) is 0 Å². The van der Waals surface area contributed by atoms with Gasteiger partial charge in [-0.15, -0.1) is 0 Å². The number of fused-ring (bicyclic) bond motifs is 1. The first-order valence-corrected chi connectivity index (χ1v) is 6.77. The number of benzene rings is 1. The zero-order chi connectivity index (χ0) is 13.8. The standard InChI is InChI=1S/C8H6BClO7S/c9-7(11)8(12,13)17-6-3-4(18(10,14)15)1-2-5(6)16-7/h1-3,11-13H. The zero-order valence-corrected chi connectivity index (χ0v) is 10.1. The summed E-state index contributed by atoms with van der Waals surface area (Å²) in [5, 5.41) is 28.0.